The van der Waals surface area contributed by atoms with Gasteiger partial charge in [0.2, 0.25) is 0 Å². The molecule has 0 aromatic rings. The van der Waals surface area contributed by atoms with E-state index < -0.39 is 7.26 Å². The van der Waals surface area contributed by atoms with Crippen molar-refractivity contribution in [1.82, 2.24) is 0 Å². The zero-order valence-corrected chi connectivity index (χ0v) is 11.5. The van der Waals surface area contributed by atoms with Crippen molar-refractivity contribution in [3.8, 4) is 0 Å². The van der Waals surface area contributed by atoms with Crippen molar-refractivity contribution >= 4 is 13.5 Å². The van der Waals surface area contributed by atoms with Crippen LogP contribution < -0.4 is 0 Å². The van der Waals surface area contributed by atoms with Crippen molar-refractivity contribution < 1.29 is 4.79 Å². The minimum atomic E-state index is -0.960. The molecule has 0 fully saturated rings. The van der Waals surface area contributed by atoms with Crippen LogP contribution >= 0.6 is 7.26 Å². The Kier molecular flexibility index (Phi) is 5.90. The molecule has 0 aliphatic rings. The van der Waals surface area contributed by atoms with E-state index in [0.717, 1.165) is 35.8 Å². The lowest BCUT2D eigenvalue weighted by Crippen LogP contribution is -2.26. The quantitative estimate of drug-likeness (QED) is 0.488. The van der Waals surface area contributed by atoms with Crippen LogP contribution in [0, 0.1) is 0 Å². The molecule has 1 nitrogen and oxygen atoms in total. The molecule has 0 radical (unpaired) electrons. The lowest BCUT2D eigenvalue weighted by Gasteiger charge is -2.38. The Hall–Kier alpha value is 0.100. The van der Waals surface area contributed by atoms with Crippen molar-refractivity contribution in [3.05, 3.63) is 0 Å². The van der Waals surface area contributed by atoms with Crippen LogP contribution in [0.3, 0.4) is 0 Å². The smallest absolute Gasteiger partial charge is 0.123 e. The molecule has 0 aromatic heterocycles. The van der Waals surface area contributed by atoms with Gasteiger partial charge >= 0.3 is 0 Å². The summed E-state index contributed by atoms with van der Waals surface area (Å²) < 4.78 is 0. The van der Waals surface area contributed by atoms with Gasteiger partial charge in [-0.3, -0.25) is 0 Å². The molecule has 0 rings (SSSR count). The molecule has 84 valence electrons. The van der Waals surface area contributed by atoms with Gasteiger partial charge in [0.05, 0.1) is 23.1 Å². The van der Waals surface area contributed by atoms with Crippen LogP contribution in [0.5, 0.6) is 0 Å². The lowest BCUT2D eigenvalue weighted by atomic mass is 10.5. The average molecular weight is 217 g/mol. The van der Waals surface area contributed by atoms with E-state index in [1.165, 1.54) is 0 Å². The Morgan fingerprint density at radius 2 is 1.29 bits per heavy atom. The summed E-state index contributed by atoms with van der Waals surface area (Å²) >= 11 is 0. The minimum absolute atomic E-state index is 0.752. The summed E-state index contributed by atoms with van der Waals surface area (Å²) in [5, 5.41) is 0. The van der Waals surface area contributed by atoms with Crippen molar-refractivity contribution in [3.63, 3.8) is 0 Å². The Morgan fingerprint density at radius 1 is 0.929 bits per heavy atom. The van der Waals surface area contributed by atoms with Gasteiger partial charge in [0.1, 0.15) is 6.29 Å². The van der Waals surface area contributed by atoms with E-state index in [1.807, 2.05) is 0 Å². The maximum absolute atomic E-state index is 10.5. The molecule has 0 unspecified atom stereocenters. The van der Waals surface area contributed by atoms with Gasteiger partial charge in [0, 0.05) is 13.7 Å². The fourth-order valence-electron chi connectivity index (χ4n) is 2.84. The molecule has 0 amide bonds. The van der Waals surface area contributed by atoms with E-state index in [2.05, 4.69) is 41.5 Å². The molecule has 0 aliphatic carbocycles. The third-order valence-corrected chi connectivity index (χ3v) is 10.3. The largest absolute Gasteiger partial charge is 0.303 e. The fourth-order valence-corrected chi connectivity index (χ4v) is 8.52. The monoisotopic (exact) mass is 217 g/mol. The molecule has 0 heterocycles. The Labute approximate surface area is 90.0 Å². The molecule has 0 bridgehead atoms. The van der Waals surface area contributed by atoms with Crippen LogP contribution in [0.2, 0.25) is 0 Å². The first-order valence-corrected chi connectivity index (χ1v) is 7.88. The maximum Gasteiger partial charge on any atom is 0.123 e. The Bertz CT molecular complexity index is 151. The van der Waals surface area contributed by atoms with Crippen molar-refractivity contribution in [2.45, 2.75) is 64.9 Å². The molecule has 2 heteroatoms. The van der Waals surface area contributed by atoms with Crippen LogP contribution in [0.1, 0.15) is 48.0 Å². The third-order valence-electron chi connectivity index (χ3n) is 3.52. The number of hydrogen-bond donors (Lipinski definition) is 0. The molecule has 0 N–H and O–H groups in total. The minimum Gasteiger partial charge on any atom is -0.303 e. The molecule has 0 saturated carbocycles. The first-order chi connectivity index (χ1) is 6.39. The molecule has 0 spiro atoms. The molecular formula is C12H26OP+. The highest BCUT2D eigenvalue weighted by molar-refractivity contribution is 7.77. The third kappa shape index (κ3) is 2.79. The summed E-state index contributed by atoms with van der Waals surface area (Å²) in [6, 6.07) is 0. The summed E-state index contributed by atoms with van der Waals surface area (Å²) in [4.78, 5) is 10.5. The van der Waals surface area contributed by atoms with Crippen molar-refractivity contribution in [1.29, 1.82) is 0 Å². The lowest BCUT2D eigenvalue weighted by molar-refractivity contribution is -0.107. The van der Waals surface area contributed by atoms with E-state index in [4.69, 9.17) is 0 Å². The molecule has 0 aromatic carbocycles. The molecule has 14 heavy (non-hydrogen) atoms. The highest BCUT2D eigenvalue weighted by atomic mass is 31.2. The predicted octanol–water partition coefficient (Wildman–Crippen LogP) is 3.82. The fraction of sp³-hybridized carbons (Fsp3) is 0.917. The van der Waals surface area contributed by atoms with Gasteiger partial charge < -0.3 is 4.79 Å². The number of aldehydes is 1. The zero-order chi connectivity index (χ0) is 11.4. The summed E-state index contributed by atoms with van der Waals surface area (Å²) in [6.45, 7) is 14.0. The van der Waals surface area contributed by atoms with Crippen LogP contribution in [-0.2, 0) is 4.79 Å². The molecule has 0 saturated heterocycles. The standard InChI is InChI=1S/C12H26OP/c1-10(2)14(11(3)4,12(5)6)9-7-8-13/h8,10-12H,7,9H2,1-6H3/q+1. The van der Waals surface area contributed by atoms with Crippen LogP contribution in [-0.4, -0.2) is 29.4 Å². The normalized spacial score (nSPS) is 12.9. The van der Waals surface area contributed by atoms with Gasteiger partial charge in [-0.1, -0.05) is 0 Å². The van der Waals surface area contributed by atoms with Crippen LogP contribution in [0.15, 0.2) is 0 Å². The van der Waals surface area contributed by atoms with Gasteiger partial charge in [-0.2, -0.15) is 0 Å². The number of hydrogen-bond acceptors (Lipinski definition) is 1. The van der Waals surface area contributed by atoms with E-state index in [1.54, 1.807) is 0 Å². The van der Waals surface area contributed by atoms with E-state index in [0.29, 0.717) is 0 Å². The summed E-state index contributed by atoms with van der Waals surface area (Å²) in [7, 11) is -0.960. The summed E-state index contributed by atoms with van der Waals surface area (Å²) in [5.41, 5.74) is 2.26. The van der Waals surface area contributed by atoms with Gasteiger partial charge in [-0.25, -0.2) is 0 Å². The summed E-state index contributed by atoms with van der Waals surface area (Å²) in [6.07, 6.45) is 2.98. The van der Waals surface area contributed by atoms with Gasteiger partial charge in [0.25, 0.3) is 0 Å². The van der Waals surface area contributed by atoms with Crippen molar-refractivity contribution in [2.24, 2.45) is 0 Å². The molecule has 0 atom stereocenters. The SMILES string of the molecule is CC(C)[P+](CCC=O)(C(C)C)C(C)C. The number of carbonyl (C=O) groups is 1. The second-order valence-corrected chi connectivity index (χ2v) is 10.5. The van der Waals surface area contributed by atoms with Gasteiger partial charge in [0.15, 0.2) is 0 Å². The second-order valence-electron chi connectivity index (χ2n) is 4.96. The average Bonchev–Trinajstić information content (AvgIpc) is 2.03. The molecule has 0 aliphatic heterocycles. The first-order valence-electron chi connectivity index (χ1n) is 5.70. The van der Waals surface area contributed by atoms with E-state index >= 15 is 0 Å². The molecular weight excluding hydrogens is 191 g/mol. The first kappa shape index (κ1) is 14.1. The van der Waals surface area contributed by atoms with Crippen LogP contribution in [0.4, 0.5) is 0 Å². The van der Waals surface area contributed by atoms with Gasteiger partial charge in [-0.05, 0) is 41.5 Å². The highest BCUT2D eigenvalue weighted by Gasteiger charge is 2.46. The highest BCUT2D eigenvalue weighted by Crippen LogP contribution is 2.70. The summed E-state index contributed by atoms with van der Waals surface area (Å²) in [5.74, 6) is 0. The predicted molar refractivity (Wildman–Crippen MR) is 67.9 cm³/mol. The van der Waals surface area contributed by atoms with E-state index in [9.17, 15) is 4.79 Å². The number of rotatable bonds is 6. The van der Waals surface area contributed by atoms with Crippen molar-refractivity contribution in [2.75, 3.05) is 6.16 Å². The van der Waals surface area contributed by atoms with Gasteiger partial charge in [-0.15, -0.1) is 0 Å². The zero-order valence-electron chi connectivity index (χ0n) is 10.6. The van der Waals surface area contributed by atoms with E-state index in [-0.39, 0.29) is 0 Å². The number of carbonyl (C=O) groups excluding carboxylic acids is 1. The maximum atomic E-state index is 10.5. The Balaban J connectivity index is 4.84. The van der Waals surface area contributed by atoms with Crippen LogP contribution in [0.25, 0.3) is 0 Å². The second kappa shape index (κ2) is 5.85. The topological polar surface area (TPSA) is 17.1 Å². The Morgan fingerprint density at radius 3 is 1.50 bits per heavy atom.